The van der Waals surface area contributed by atoms with Crippen LogP contribution in [0.1, 0.15) is 46.1 Å². The second-order valence-electron chi connectivity index (χ2n) is 7.07. The fourth-order valence-electron chi connectivity index (χ4n) is 4.10. The Morgan fingerprint density at radius 2 is 1.84 bits per heavy atom. The molecular formula is C21H23N3O. The van der Waals surface area contributed by atoms with E-state index in [1.165, 1.54) is 16.7 Å². The lowest BCUT2D eigenvalue weighted by atomic mass is 9.99. The standard InChI is InChI=1S/C21H23N3O/c1-14-11-15(2)13-16(12-14)19-9-6-10-24(19)21(25)20-17-7-4-5-8-18(17)22-23(20)3/h4-5,7-8,11-13,19H,6,9-10H2,1-3H3. The van der Waals surface area contributed by atoms with Crippen LogP contribution in [0.25, 0.3) is 10.9 Å². The molecule has 25 heavy (non-hydrogen) atoms. The van der Waals surface area contributed by atoms with Crippen molar-refractivity contribution in [1.82, 2.24) is 14.7 Å². The average molecular weight is 333 g/mol. The van der Waals surface area contributed by atoms with Gasteiger partial charge in [0.05, 0.1) is 11.6 Å². The number of hydrogen-bond acceptors (Lipinski definition) is 2. The molecule has 1 aliphatic rings. The monoisotopic (exact) mass is 333 g/mol. The van der Waals surface area contributed by atoms with Crippen molar-refractivity contribution in [3.05, 3.63) is 64.8 Å². The SMILES string of the molecule is Cc1cc(C)cc(C2CCCN2C(=O)c2c3ccccc3nn2C)c1. The number of rotatable bonds is 2. The number of aryl methyl sites for hydroxylation is 3. The van der Waals surface area contributed by atoms with Crippen LogP contribution in [0.15, 0.2) is 42.5 Å². The van der Waals surface area contributed by atoms with Crippen molar-refractivity contribution in [2.24, 2.45) is 7.05 Å². The van der Waals surface area contributed by atoms with E-state index in [1.54, 1.807) is 4.68 Å². The molecule has 1 aliphatic heterocycles. The molecule has 1 aromatic heterocycles. The predicted octanol–water partition coefficient (Wildman–Crippen LogP) is 4.17. The predicted molar refractivity (Wildman–Crippen MR) is 99.6 cm³/mol. The summed E-state index contributed by atoms with van der Waals surface area (Å²) in [5, 5.41) is 5.43. The van der Waals surface area contributed by atoms with Crippen molar-refractivity contribution < 1.29 is 4.79 Å². The lowest BCUT2D eigenvalue weighted by Gasteiger charge is -2.26. The van der Waals surface area contributed by atoms with Gasteiger partial charge in [0.2, 0.25) is 0 Å². The van der Waals surface area contributed by atoms with Gasteiger partial charge in [-0.25, -0.2) is 0 Å². The highest BCUT2D eigenvalue weighted by Crippen LogP contribution is 2.35. The molecule has 0 aliphatic carbocycles. The van der Waals surface area contributed by atoms with Crippen molar-refractivity contribution in [2.45, 2.75) is 32.7 Å². The summed E-state index contributed by atoms with van der Waals surface area (Å²) in [6.07, 6.45) is 2.06. The number of carbonyl (C=O) groups is 1. The van der Waals surface area contributed by atoms with Crippen LogP contribution < -0.4 is 0 Å². The third-order valence-electron chi connectivity index (χ3n) is 5.09. The van der Waals surface area contributed by atoms with Crippen LogP contribution in [0.2, 0.25) is 0 Å². The van der Waals surface area contributed by atoms with Crippen molar-refractivity contribution >= 4 is 16.8 Å². The fourth-order valence-corrected chi connectivity index (χ4v) is 4.10. The molecule has 2 heterocycles. The number of hydrogen-bond donors (Lipinski definition) is 0. The highest BCUT2D eigenvalue weighted by Gasteiger charge is 2.33. The second-order valence-corrected chi connectivity index (χ2v) is 7.07. The molecule has 0 radical (unpaired) electrons. The summed E-state index contributed by atoms with van der Waals surface area (Å²) in [6.45, 7) is 5.04. The van der Waals surface area contributed by atoms with E-state index in [9.17, 15) is 4.79 Å². The Morgan fingerprint density at radius 1 is 1.12 bits per heavy atom. The van der Waals surface area contributed by atoms with E-state index >= 15 is 0 Å². The van der Waals surface area contributed by atoms with Gasteiger partial charge in [0, 0.05) is 19.0 Å². The smallest absolute Gasteiger partial charge is 0.273 e. The Morgan fingerprint density at radius 3 is 2.60 bits per heavy atom. The molecule has 0 N–H and O–H groups in total. The lowest BCUT2D eigenvalue weighted by molar-refractivity contribution is 0.0726. The summed E-state index contributed by atoms with van der Waals surface area (Å²) in [5.41, 5.74) is 5.30. The van der Waals surface area contributed by atoms with Gasteiger partial charge in [-0.1, -0.05) is 47.5 Å². The number of aromatic nitrogens is 2. The number of amides is 1. The molecule has 1 saturated heterocycles. The van der Waals surface area contributed by atoms with E-state index in [0.29, 0.717) is 5.69 Å². The van der Waals surface area contributed by atoms with Crippen molar-refractivity contribution in [3.63, 3.8) is 0 Å². The van der Waals surface area contributed by atoms with Crippen LogP contribution in [-0.2, 0) is 7.05 Å². The Balaban J connectivity index is 1.74. The largest absolute Gasteiger partial charge is 0.330 e. The first-order valence-corrected chi connectivity index (χ1v) is 8.85. The quantitative estimate of drug-likeness (QED) is 0.706. The first-order valence-electron chi connectivity index (χ1n) is 8.85. The molecule has 3 aromatic rings. The maximum absolute atomic E-state index is 13.4. The van der Waals surface area contributed by atoms with Crippen LogP contribution in [0.5, 0.6) is 0 Å². The summed E-state index contributed by atoms with van der Waals surface area (Å²) in [5.74, 6) is 0.0814. The summed E-state index contributed by atoms with van der Waals surface area (Å²) in [4.78, 5) is 15.4. The molecule has 4 rings (SSSR count). The van der Waals surface area contributed by atoms with Gasteiger partial charge in [0.15, 0.2) is 0 Å². The molecule has 1 unspecified atom stereocenters. The highest BCUT2D eigenvalue weighted by molar-refractivity contribution is 6.05. The fraction of sp³-hybridized carbons (Fsp3) is 0.333. The molecular weight excluding hydrogens is 310 g/mol. The molecule has 0 bridgehead atoms. The Bertz CT molecular complexity index is 937. The van der Waals surface area contributed by atoms with Gasteiger partial charge in [-0.05, 0) is 38.3 Å². The second kappa shape index (κ2) is 6.03. The molecule has 128 valence electrons. The molecule has 2 aromatic carbocycles. The summed E-state index contributed by atoms with van der Waals surface area (Å²) >= 11 is 0. The van der Waals surface area contributed by atoms with Crippen molar-refractivity contribution in [2.75, 3.05) is 6.54 Å². The molecule has 1 atom stereocenters. The van der Waals surface area contributed by atoms with Gasteiger partial charge in [-0.2, -0.15) is 5.10 Å². The Kier molecular flexibility index (Phi) is 3.83. The molecule has 0 spiro atoms. The van der Waals surface area contributed by atoms with E-state index < -0.39 is 0 Å². The van der Waals surface area contributed by atoms with E-state index in [-0.39, 0.29) is 11.9 Å². The molecule has 4 nitrogen and oxygen atoms in total. The van der Waals surface area contributed by atoms with Crippen LogP contribution in [-0.4, -0.2) is 27.1 Å². The van der Waals surface area contributed by atoms with Gasteiger partial charge >= 0.3 is 0 Å². The number of likely N-dealkylation sites (tertiary alicyclic amines) is 1. The summed E-state index contributed by atoms with van der Waals surface area (Å²) < 4.78 is 1.73. The highest BCUT2D eigenvalue weighted by atomic mass is 16.2. The third-order valence-corrected chi connectivity index (χ3v) is 5.09. The number of nitrogens with zero attached hydrogens (tertiary/aromatic N) is 3. The van der Waals surface area contributed by atoms with E-state index in [4.69, 9.17) is 0 Å². The Labute approximate surface area is 148 Å². The van der Waals surface area contributed by atoms with E-state index in [1.807, 2.05) is 36.2 Å². The average Bonchev–Trinajstić information content (AvgIpc) is 3.17. The Hall–Kier alpha value is -2.62. The number of benzene rings is 2. The van der Waals surface area contributed by atoms with Crippen LogP contribution in [0, 0.1) is 13.8 Å². The maximum atomic E-state index is 13.4. The van der Waals surface area contributed by atoms with Crippen molar-refractivity contribution in [1.29, 1.82) is 0 Å². The molecule has 0 saturated carbocycles. The molecule has 1 fully saturated rings. The number of carbonyl (C=O) groups excluding carboxylic acids is 1. The first-order chi connectivity index (χ1) is 12.0. The van der Waals surface area contributed by atoms with Crippen LogP contribution in [0.3, 0.4) is 0 Å². The summed E-state index contributed by atoms with van der Waals surface area (Å²) in [7, 11) is 1.86. The molecule has 4 heteroatoms. The minimum atomic E-state index is 0.0814. The lowest BCUT2D eigenvalue weighted by Crippen LogP contribution is -2.32. The normalized spacial score (nSPS) is 17.4. The number of fused-ring (bicyclic) bond motifs is 1. The van der Waals surface area contributed by atoms with Crippen LogP contribution in [0.4, 0.5) is 0 Å². The third kappa shape index (κ3) is 2.72. The zero-order valence-corrected chi connectivity index (χ0v) is 15.0. The van der Waals surface area contributed by atoms with Gasteiger partial charge in [0.25, 0.3) is 5.91 Å². The summed E-state index contributed by atoms with van der Waals surface area (Å²) in [6, 6.07) is 14.6. The minimum Gasteiger partial charge on any atom is -0.330 e. The minimum absolute atomic E-state index is 0.0814. The van der Waals surface area contributed by atoms with Crippen LogP contribution >= 0.6 is 0 Å². The van der Waals surface area contributed by atoms with E-state index in [0.717, 1.165) is 30.3 Å². The van der Waals surface area contributed by atoms with Gasteiger partial charge < -0.3 is 4.90 Å². The zero-order valence-electron chi connectivity index (χ0n) is 15.0. The molecule has 1 amide bonds. The topological polar surface area (TPSA) is 38.1 Å². The van der Waals surface area contributed by atoms with Crippen molar-refractivity contribution in [3.8, 4) is 0 Å². The maximum Gasteiger partial charge on any atom is 0.273 e. The van der Waals surface area contributed by atoms with Gasteiger partial charge in [0.1, 0.15) is 5.69 Å². The van der Waals surface area contributed by atoms with Gasteiger partial charge in [-0.15, -0.1) is 0 Å². The van der Waals surface area contributed by atoms with Gasteiger partial charge in [-0.3, -0.25) is 9.48 Å². The first kappa shape index (κ1) is 15.9. The zero-order chi connectivity index (χ0) is 17.6. The van der Waals surface area contributed by atoms with E-state index in [2.05, 4.69) is 37.1 Å².